The summed E-state index contributed by atoms with van der Waals surface area (Å²) in [5.41, 5.74) is 11.0. The predicted octanol–water partition coefficient (Wildman–Crippen LogP) is 1.60. The molecule has 3 amide bonds. The van der Waals surface area contributed by atoms with Crippen LogP contribution < -0.4 is 21.5 Å². The second kappa shape index (κ2) is 9.32. The van der Waals surface area contributed by atoms with Gasteiger partial charge >= 0.3 is 6.03 Å². The molecule has 1 saturated heterocycles. The molecular formula is C18H21F2N5O4S. The lowest BCUT2D eigenvalue weighted by Crippen LogP contribution is -2.49. The molecule has 162 valence electrons. The maximum atomic E-state index is 14.0. The molecule has 12 heteroatoms. The fourth-order valence-corrected chi connectivity index (χ4v) is 3.57. The first-order valence-corrected chi connectivity index (χ1v) is 9.81. The monoisotopic (exact) mass is 441 g/mol. The van der Waals surface area contributed by atoms with Crippen LogP contribution >= 0.6 is 11.5 Å². The molecule has 1 unspecified atom stereocenters. The van der Waals surface area contributed by atoms with Crippen molar-refractivity contribution >= 4 is 28.5 Å². The first-order chi connectivity index (χ1) is 14.3. The second-order valence-corrected chi connectivity index (χ2v) is 7.42. The lowest BCUT2D eigenvalue weighted by molar-refractivity contribution is -0.00659. The number of primary amides is 1. The summed E-state index contributed by atoms with van der Waals surface area (Å²) in [6.07, 6.45) is -0.273. The highest BCUT2D eigenvalue weighted by atomic mass is 32.1. The van der Waals surface area contributed by atoms with Crippen molar-refractivity contribution in [3.8, 4) is 5.88 Å². The zero-order valence-electron chi connectivity index (χ0n) is 16.1. The number of urea groups is 1. The van der Waals surface area contributed by atoms with E-state index in [2.05, 4.69) is 9.69 Å². The van der Waals surface area contributed by atoms with Crippen LogP contribution in [-0.4, -0.2) is 53.6 Å². The van der Waals surface area contributed by atoms with Crippen LogP contribution in [0.4, 0.5) is 18.6 Å². The predicted molar refractivity (Wildman–Crippen MR) is 105 cm³/mol. The van der Waals surface area contributed by atoms with Gasteiger partial charge in [-0.05, 0) is 36.2 Å². The van der Waals surface area contributed by atoms with Gasteiger partial charge in [-0.15, -0.1) is 0 Å². The minimum atomic E-state index is -0.883. The van der Waals surface area contributed by atoms with Crippen LogP contribution in [0.5, 0.6) is 5.88 Å². The molecule has 1 atom stereocenters. The van der Waals surface area contributed by atoms with E-state index in [1.165, 1.54) is 11.8 Å². The van der Waals surface area contributed by atoms with Crippen LogP contribution in [0.2, 0.25) is 0 Å². The van der Waals surface area contributed by atoms with Crippen LogP contribution in [0.3, 0.4) is 0 Å². The number of halogens is 2. The Morgan fingerprint density at radius 2 is 2.17 bits per heavy atom. The fourth-order valence-electron chi connectivity index (χ4n) is 2.84. The number of rotatable bonds is 6. The summed E-state index contributed by atoms with van der Waals surface area (Å²) in [6.45, 7) is 2.33. The zero-order chi connectivity index (χ0) is 21.8. The lowest BCUT2D eigenvalue weighted by atomic mass is 10.1. The van der Waals surface area contributed by atoms with Gasteiger partial charge < -0.3 is 25.8 Å². The van der Waals surface area contributed by atoms with Gasteiger partial charge in [-0.2, -0.15) is 4.37 Å². The standard InChI is InChI=1S/C18H21F2N5O4S/c1-9-4-13(20)10(5-12(9)19)8-29-16-14(15(22)26)17(30-24-16)23-18(27)25-2-3-28-11(6-21)7-25/h4-5,11H,2-3,6-8,21H2,1H3,(H2,22,26)(H,23,27). The molecule has 30 heavy (non-hydrogen) atoms. The Morgan fingerprint density at radius 1 is 1.40 bits per heavy atom. The first kappa shape index (κ1) is 21.9. The Balaban J connectivity index is 1.73. The van der Waals surface area contributed by atoms with Gasteiger partial charge in [-0.25, -0.2) is 13.6 Å². The fraction of sp³-hybridized carbons (Fsp3) is 0.389. The van der Waals surface area contributed by atoms with Gasteiger partial charge in [0.05, 0.1) is 12.7 Å². The SMILES string of the molecule is Cc1cc(F)c(COc2nsc(NC(=O)N3CCOC(CN)C3)c2C(N)=O)cc1F. The van der Waals surface area contributed by atoms with Gasteiger partial charge in [0.15, 0.2) is 0 Å². The maximum absolute atomic E-state index is 14.0. The number of carbonyl (C=O) groups is 2. The summed E-state index contributed by atoms with van der Waals surface area (Å²) in [7, 11) is 0. The molecule has 1 aliphatic rings. The number of amides is 3. The van der Waals surface area contributed by atoms with E-state index in [4.69, 9.17) is 20.9 Å². The van der Waals surface area contributed by atoms with Crippen molar-refractivity contribution in [1.29, 1.82) is 0 Å². The van der Waals surface area contributed by atoms with Gasteiger partial charge in [0, 0.05) is 25.2 Å². The number of benzene rings is 1. The summed E-state index contributed by atoms with van der Waals surface area (Å²) in [5.74, 6) is -2.30. The number of ether oxygens (including phenoxy) is 2. The van der Waals surface area contributed by atoms with Gasteiger partial charge in [0.2, 0.25) is 5.88 Å². The number of morpholine rings is 1. The van der Waals surface area contributed by atoms with Gasteiger partial charge in [0.25, 0.3) is 5.91 Å². The number of anilines is 1. The molecule has 2 aromatic rings. The van der Waals surface area contributed by atoms with E-state index in [9.17, 15) is 18.4 Å². The van der Waals surface area contributed by atoms with E-state index in [-0.39, 0.29) is 46.8 Å². The molecular weight excluding hydrogens is 420 g/mol. The van der Waals surface area contributed by atoms with E-state index in [1.54, 1.807) is 0 Å². The quantitative estimate of drug-likeness (QED) is 0.624. The molecule has 9 nitrogen and oxygen atoms in total. The Bertz CT molecular complexity index is 955. The summed E-state index contributed by atoms with van der Waals surface area (Å²) in [4.78, 5) is 25.9. The van der Waals surface area contributed by atoms with Crippen LogP contribution in [0.15, 0.2) is 12.1 Å². The second-order valence-electron chi connectivity index (χ2n) is 6.64. The number of nitrogens with zero attached hydrogens (tertiary/aromatic N) is 2. The van der Waals surface area contributed by atoms with Crippen molar-refractivity contribution in [1.82, 2.24) is 9.27 Å². The first-order valence-electron chi connectivity index (χ1n) is 9.04. The highest BCUT2D eigenvalue weighted by Crippen LogP contribution is 2.31. The molecule has 0 radical (unpaired) electrons. The lowest BCUT2D eigenvalue weighted by Gasteiger charge is -2.32. The normalized spacial score (nSPS) is 16.4. The average Bonchev–Trinajstić information content (AvgIpc) is 3.12. The Labute approximate surface area is 175 Å². The van der Waals surface area contributed by atoms with Crippen LogP contribution in [0, 0.1) is 18.6 Å². The largest absolute Gasteiger partial charge is 0.471 e. The number of carbonyl (C=O) groups excluding carboxylic acids is 2. The number of nitrogens with one attached hydrogen (secondary N) is 1. The third kappa shape index (κ3) is 4.83. The van der Waals surface area contributed by atoms with E-state index in [1.807, 2.05) is 0 Å². The number of aromatic nitrogens is 1. The van der Waals surface area contributed by atoms with Crippen molar-refractivity contribution in [2.45, 2.75) is 19.6 Å². The van der Waals surface area contributed by atoms with Crippen molar-refractivity contribution in [3.05, 3.63) is 40.5 Å². The summed E-state index contributed by atoms with van der Waals surface area (Å²) in [6, 6.07) is 1.59. The molecule has 0 aliphatic carbocycles. The van der Waals surface area contributed by atoms with E-state index < -0.39 is 23.6 Å². The van der Waals surface area contributed by atoms with Crippen LogP contribution in [-0.2, 0) is 11.3 Å². The highest BCUT2D eigenvalue weighted by molar-refractivity contribution is 7.11. The minimum absolute atomic E-state index is 0.0479. The average molecular weight is 441 g/mol. The van der Waals surface area contributed by atoms with E-state index in [0.29, 0.717) is 19.7 Å². The Hall–Kier alpha value is -2.83. The van der Waals surface area contributed by atoms with Crippen molar-refractivity contribution in [2.75, 3.05) is 31.6 Å². The van der Waals surface area contributed by atoms with Crippen LogP contribution in [0.1, 0.15) is 21.5 Å². The smallest absolute Gasteiger partial charge is 0.322 e. The Kier molecular flexibility index (Phi) is 6.80. The number of aryl methyl sites for hydroxylation is 1. The molecule has 0 spiro atoms. The van der Waals surface area contributed by atoms with Crippen molar-refractivity contribution in [3.63, 3.8) is 0 Å². The number of nitrogens with two attached hydrogens (primary N) is 2. The molecule has 2 heterocycles. The van der Waals surface area contributed by atoms with E-state index >= 15 is 0 Å². The van der Waals surface area contributed by atoms with Gasteiger partial charge in [-0.3, -0.25) is 10.1 Å². The third-order valence-electron chi connectivity index (χ3n) is 4.51. The minimum Gasteiger partial charge on any atom is -0.471 e. The van der Waals surface area contributed by atoms with Gasteiger partial charge in [0.1, 0.15) is 28.8 Å². The van der Waals surface area contributed by atoms with Crippen molar-refractivity contribution < 1.29 is 27.8 Å². The van der Waals surface area contributed by atoms with Gasteiger partial charge in [-0.1, -0.05) is 0 Å². The Morgan fingerprint density at radius 3 is 2.87 bits per heavy atom. The summed E-state index contributed by atoms with van der Waals surface area (Å²) in [5, 5.41) is 2.68. The number of hydrogen-bond donors (Lipinski definition) is 3. The molecule has 0 bridgehead atoms. The highest BCUT2D eigenvalue weighted by Gasteiger charge is 2.27. The topological polar surface area (TPSA) is 133 Å². The van der Waals surface area contributed by atoms with E-state index in [0.717, 1.165) is 23.7 Å². The van der Waals surface area contributed by atoms with Crippen LogP contribution in [0.25, 0.3) is 0 Å². The maximum Gasteiger partial charge on any atom is 0.322 e. The molecule has 1 aliphatic heterocycles. The molecule has 1 aromatic carbocycles. The molecule has 3 rings (SSSR count). The van der Waals surface area contributed by atoms with Crippen molar-refractivity contribution in [2.24, 2.45) is 11.5 Å². The molecule has 5 N–H and O–H groups in total. The molecule has 1 aromatic heterocycles. The summed E-state index contributed by atoms with van der Waals surface area (Å²) < 4.78 is 42.5. The third-order valence-corrected chi connectivity index (χ3v) is 5.25. The zero-order valence-corrected chi connectivity index (χ0v) is 16.9. The number of hydrogen-bond acceptors (Lipinski definition) is 7. The molecule has 1 fully saturated rings. The summed E-state index contributed by atoms with van der Waals surface area (Å²) >= 11 is 0.790. The molecule has 0 saturated carbocycles.